The fraction of sp³-hybridized carbons (Fsp3) is 0.552. The van der Waals surface area contributed by atoms with Gasteiger partial charge in [0.05, 0.1) is 76.6 Å². The van der Waals surface area contributed by atoms with Gasteiger partial charge in [0.15, 0.2) is 11.9 Å². The van der Waals surface area contributed by atoms with Crippen LogP contribution in [0.1, 0.15) is 30.7 Å². The summed E-state index contributed by atoms with van der Waals surface area (Å²) in [5.74, 6) is 4.63. The highest BCUT2D eigenvalue weighted by Crippen LogP contribution is 2.33. The number of ether oxygens (including phenoxy) is 5. The molecule has 1 aromatic carbocycles. The molecule has 0 amide bonds. The minimum Gasteiger partial charge on any atom is -0.394 e. The molecule has 0 aliphatic carbocycles. The lowest BCUT2D eigenvalue weighted by atomic mass is 10.1. The SMILES string of the molecule is C#CCOCCOCCOCCOCCSCC(Nc1nc(Cl)nc2c1cnn2C1CCC(CO)O1)c1ccccc1. The average molecular weight is 620 g/mol. The van der Waals surface area contributed by atoms with Crippen LogP contribution in [0.5, 0.6) is 0 Å². The van der Waals surface area contributed by atoms with Crippen molar-refractivity contribution in [2.24, 2.45) is 0 Å². The molecule has 1 aliphatic rings. The third-order valence-electron chi connectivity index (χ3n) is 6.46. The normalized spacial score (nSPS) is 17.5. The first-order valence-corrected chi connectivity index (χ1v) is 15.5. The van der Waals surface area contributed by atoms with Gasteiger partial charge < -0.3 is 34.1 Å². The molecule has 3 atom stereocenters. The molecular formula is C29H38ClN5O6S. The van der Waals surface area contributed by atoms with Gasteiger partial charge in [0.2, 0.25) is 5.28 Å². The van der Waals surface area contributed by atoms with Crippen molar-refractivity contribution >= 4 is 40.2 Å². The lowest BCUT2D eigenvalue weighted by Crippen LogP contribution is -2.17. The Morgan fingerprint density at radius 1 is 1.05 bits per heavy atom. The molecule has 4 rings (SSSR count). The maximum absolute atomic E-state index is 9.46. The van der Waals surface area contributed by atoms with Crippen LogP contribution in [0.3, 0.4) is 0 Å². The van der Waals surface area contributed by atoms with Gasteiger partial charge in [0.25, 0.3) is 0 Å². The molecule has 0 bridgehead atoms. The molecule has 42 heavy (non-hydrogen) atoms. The number of aliphatic hydroxyl groups excluding tert-OH is 1. The molecule has 3 heterocycles. The standard InChI is InChI=1S/C29H38ClN5O6S/c1-2-10-37-11-12-38-13-14-39-15-16-40-17-18-42-21-25(22-6-4-3-5-7-22)32-27-24-19-31-35(28(24)34-29(30)33-27)26-9-8-23(20-36)41-26/h1,3-7,19,23,25-26,36H,8-18,20-21H2,(H,32,33,34). The number of hydrogen-bond acceptors (Lipinski definition) is 11. The monoisotopic (exact) mass is 619 g/mol. The van der Waals surface area contributed by atoms with E-state index in [0.717, 1.165) is 35.3 Å². The van der Waals surface area contributed by atoms with E-state index in [0.29, 0.717) is 64.3 Å². The molecular weight excluding hydrogens is 582 g/mol. The molecule has 0 spiro atoms. The number of hydrogen-bond donors (Lipinski definition) is 2. The molecule has 1 aliphatic heterocycles. The van der Waals surface area contributed by atoms with Crippen molar-refractivity contribution in [1.29, 1.82) is 0 Å². The second-order valence-corrected chi connectivity index (χ2v) is 10.9. The number of rotatable bonds is 20. The van der Waals surface area contributed by atoms with Gasteiger partial charge in [-0.15, -0.1) is 6.42 Å². The van der Waals surface area contributed by atoms with Gasteiger partial charge in [-0.25, -0.2) is 4.68 Å². The van der Waals surface area contributed by atoms with Crippen molar-refractivity contribution in [2.75, 3.05) is 76.3 Å². The fourth-order valence-electron chi connectivity index (χ4n) is 4.40. The van der Waals surface area contributed by atoms with E-state index in [4.69, 9.17) is 41.7 Å². The van der Waals surface area contributed by atoms with E-state index >= 15 is 0 Å². The number of nitrogens with zero attached hydrogens (tertiary/aromatic N) is 4. The first-order valence-electron chi connectivity index (χ1n) is 14.0. The summed E-state index contributed by atoms with van der Waals surface area (Å²) >= 11 is 8.14. The Balaban J connectivity index is 1.23. The van der Waals surface area contributed by atoms with Gasteiger partial charge >= 0.3 is 0 Å². The first-order chi connectivity index (χ1) is 20.7. The predicted molar refractivity (Wildman–Crippen MR) is 163 cm³/mol. The van der Waals surface area contributed by atoms with E-state index in [1.165, 1.54) is 0 Å². The highest BCUT2D eigenvalue weighted by Gasteiger charge is 2.29. The minimum absolute atomic E-state index is 0.0194. The fourth-order valence-corrected chi connectivity index (χ4v) is 5.48. The molecule has 1 fully saturated rings. The van der Waals surface area contributed by atoms with Crippen LogP contribution in [0.4, 0.5) is 5.82 Å². The zero-order valence-corrected chi connectivity index (χ0v) is 25.1. The highest BCUT2D eigenvalue weighted by molar-refractivity contribution is 7.99. The summed E-state index contributed by atoms with van der Waals surface area (Å²) in [5.41, 5.74) is 1.72. The number of fused-ring (bicyclic) bond motifs is 1. The number of aliphatic hydroxyl groups is 1. The lowest BCUT2D eigenvalue weighted by molar-refractivity contribution is -0.0262. The van der Waals surface area contributed by atoms with Crippen molar-refractivity contribution in [3.05, 3.63) is 47.4 Å². The van der Waals surface area contributed by atoms with E-state index in [2.05, 4.69) is 38.4 Å². The van der Waals surface area contributed by atoms with Gasteiger partial charge in [0.1, 0.15) is 12.4 Å². The van der Waals surface area contributed by atoms with Crippen molar-refractivity contribution < 1.29 is 28.8 Å². The number of anilines is 1. The molecule has 3 unspecified atom stereocenters. The van der Waals surface area contributed by atoms with Crippen LogP contribution < -0.4 is 5.32 Å². The zero-order valence-electron chi connectivity index (χ0n) is 23.5. The summed E-state index contributed by atoms with van der Waals surface area (Å²) in [5, 5.41) is 18.4. The Hall–Kier alpha value is -2.47. The van der Waals surface area contributed by atoms with Gasteiger partial charge in [0, 0.05) is 11.5 Å². The minimum atomic E-state index is -0.303. The van der Waals surface area contributed by atoms with Crippen LogP contribution >= 0.6 is 23.4 Å². The van der Waals surface area contributed by atoms with E-state index in [1.54, 1.807) is 22.6 Å². The molecule has 2 N–H and O–H groups in total. The van der Waals surface area contributed by atoms with E-state index in [1.807, 2.05) is 18.2 Å². The summed E-state index contributed by atoms with van der Waals surface area (Å²) in [7, 11) is 0. The number of nitrogens with one attached hydrogen (secondary N) is 1. The van der Waals surface area contributed by atoms with Crippen molar-refractivity contribution in [1.82, 2.24) is 19.7 Å². The smallest absolute Gasteiger partial charge is 0.226 e. The Bertz CT molecular complexity index is 1250. The van der Waals surface area contributed by atoms with Gasteiger partial charge in [-0.05, 0) is 30.0 Å². The molecule has 0 radical (unpaired) electrons. The van der Waals surface area contributed by atoms with E-state index < -0.39 is 0 Å². The molecule has 1 saturated heterocycles. The molecule has 0 saturated carbocycles. The topological polar surface area (TPSA) is 122 Å². The van der Waals surface area contributed by atoms with Gasteiger partial charge in [-0.3, -0.25) is 0 Å². The van der Waals surface area contributed by atoms with Crippen LogP contribution in [-0.2, 0) is 23.7 Å². The van der Waals surface area contributed by atoms with E-state index in [-0.39, 0.29) is 30.3 Å². The summed E-state index contributed by atoms with van der Waals surface area (Å²) in [4.78, 5) is 8.94. The van der Waals surface area contributed by atoms with Crippen LogP contribution in [0.25, 0.3) is 11.0 Å². The third-order valence-corrected chi connectivity index (χ3v) is 7.65. The molecule has 13 heteroatoms. The zero-order chi connectivity index (χ0) is 29.4. The molecule has 11 nitrogen and oxygen atoms in total. The predicted octanol–water partition coefficient (Wildman–Crippen LogP) is 3.74. The summed E-state index contributed by atoms with van der Waals surface area (Å²) < 4.78 is 29.4. The summed E-state index contributed by atoms with van der Waals surface area (Å²) in [6.45, 7) is 3.93. The Morgan fingerprint density at radius 2 is 1.76 bits per heavy atom. The average Bonchev–Trinajstić information content (AvgIpc) is 3.66. The number of benzene rings is 1. The van der Waals surface area contributed by atoms with Gasteiger partial charge in [-0.2, -0.15) is 26.8 Å². The Kier molecular flexibility index (Phi) is 14.1. The van der Waals surface area contributed by atoms with E-state index in [9.17, 15) is 5.11 Å². The summed E-state index contributed by atoms with van der Waals surface area (Å²) in [6, 6.07) is 10.2. The maximum atomic E-state index is 9.46. The number of thioether (sulfide) groups is 1. The lowest BCUT2D eigenvalue weighted by Gasteiger charge is -2.20. The largest absolute Gasteiger partial charge is 0.394 e. The van der Waals surface area contributed by atoms with Crippen LogP contribution in [0.2, 0.25) is 5.28 Å². The van der Waals surface area contributed by atoms with Crippen LogP contribution in [-0.4, -0.2) is 102 Å². The molecule has 3 aromatic rings. The second-order valence-electron chi connectivity index (χ2n) is 9.42. The summed E-state index contributed by atoms with van der Waals surface area (Å²) in [6.07, 6.45) is 7.84. The number of aromatic nitrogens is 4. The Morgan fingerprint density at radius 3 is 2.45 bits per heavy atom. The maximum Gasteiger partial charge on any atom is 0.226 e. The van der Waals surface area contributed by atoms with Gasteiger partial charge in [-0.1, -0.05) is 36.3 Å². The first kappa shape index (κ1) is 32.4. The molecule has 2 aromatic heterocycles. The number of terminal acetylenes is 1. The van der Waals surface area contributed by atoms with Crippen molar-refractivity contribution in [3.63, 3.8) is 0 Å². The third kappa shape index (κ3) is 10.1. The highest BCUT2D eigenvalue weighted by atomic mass is 35.5. The molecule has 228 valence electrons. The van der Waals surface area contributed by atoms with Crippen LogP contribution in [0, 0.1) is 12.3 Å². The Labute approximate surface area is 255 Å². The van der Waals surface area contributed by atoms with Crippen molar-refractivity contribution in [2.45, 2.75) is 31.2 Å². The second kappa shape index (κ2) is 18.3. The van der Waals surface area contributed by atoms with Crippen molar-refractivity contribution in [3.8, 4) is 12.3 Å². The van der Waals surface area contributed by atoms with Crippen LogP contribution in [0.15, 0.2) is 36.5 Å². The quantitative estimate of drug-likeness (QED) is 0.109. The number of halogens is 1.